The molecule has 2 unspecified atom stereocenters. The zero-order chi connectivity index (χ0) is 24.1. The highest BCUT2D eigenvalue weighted by atomic mass is 35.5. The number of nitrogens with zero attached hydrogens (tertiary/aromatic N) is 2. The molecular formula is C24H20ClF2N3O4. The van der Waals surface area contributed by atoms with E-state index in [4.69, 9.17) is 11.6 Å². The molecule has 3 aliphatic heterocycles. The van der Waals surface area contributed by atoms with Crippen LogP contribution in [0, 0.1) is 11.6 Å². The second-order valence-electron chi connectivity index (χ2n) is 8.41. The Morgan fingerprint density at radius 1 is 1.21 bits per heavy atom. The molecule has 1 saturated heterocycles. The van der Waals surface area contributed by atoms with Gasteiger partial charge in [0.2, 0.25) is 0 Å². The molecule has 0 aromatic heterocycles. The largest absolute Gasteiger partial charge is 0.507 e. The van der Waals surface area contributed by atoms with Gasteiger partial charge in [-0.05, 0) is 35.7 Å². The van der Waals surface area contributed by atoms with Crippen LogP contribution in [-0.4, -0.2) is 51.0 Å². The number of hydrogen-bond donors (Lipinski definition) is 3. The third-order valence-electron chi connectivity index (χ3n) is 6.38. The van der Waals surface area contributed by atoms with E-state index in [0.717, 1.165) is 17.2 Å². The molecule has 1 fully saturated rings. The Balaban J connectivity index is 1.48. The summed E-state index contributed by atoms with van der Waals surface area (Å²) in [7, 11) is 0. The Bertz CT molecular complexity index is 1280. The van der Waals surface area contributed by atoms with Gasteiger partial charge in [0.25, 0.3) is 11.8 Å². The molecule has 0 spiro atoms. The number of benzene rings is 2. The number of rotatable bonds is 3. The number of fused-ring (bicyclic) bond motifs is 6. The predicted octanol–water partition coefficient (Wildman–Crippen LogP) is 2.70. The van der Waals surface area contributed by atoms with E-state index in [2.05, 4.69) is 5.32 Å². The minimum atomic E-state index is -1.74. The smallest absolute Gasteiger partial charge is 0.274 e. The van der Waals surface area contributed by atoms with Crippen molar-refractivity contribution in [2.75, 3.05) is 13.1 Å². The predicted molar refractivity (Wildman–Crippen MR) is 118 cm³/mol. The molecule has 2 amide bonds. The minimum Gasteiger partial charge on any atom is -0.507 e. The van der Waals surface area contributed by atoms with Crippen LogP contribution < -0.4 is 5.32 Å². The van der Waals surface area contributed by atoms with Crippen molar-refractivity contribution in [1.29, 1.82) is 0 Å². The number of carbonyl (C=O) groups excluding carboxylic acids is 2. The summed E-state index contributed by atoms with van der Waals surface area (Å²) in [6.45, 7) is 0.486. The van der Waals surface area contributed by atoms with E-state index in [0.29, 0.717) is 30.6 Å². The van der Waals surface area contributed by atoms with Gasteiger partial charge in [-0.15, -0.1) is 0 Å². The van der Waals surface area contributed by atoms with Gasteiger partial charge < -0.3 is 25.3 Å². The lowest BCUT2D eigenvalue weighted by Gasteiger charge is -2.43. The summed E-state index contributed by atoms with van der Waals surface area (Å²) in [6.07, 6.45) is 0.182. The van der Waals surface area contributed by atoms with Crippen LogP contribution in [0.4, 0.5) is 8.78 Å². The summed E-state index contributed by atoms with van der Waals surface area (Å²) in [5, 5.41) is 24.4. The Hall–Kier alpha value is -3.43. The van der Waals surface area contributed by atoms with Crippen molar-refractivity contribution >= 4 is 23.4 Å². The van der Waals surface area contributed by atoms with Crippen LogP contribution in [-0.2, 0) is 22.6 Å². The van der Waals surface area contributed by atoms with Gasteiger partial charge >= 0.3 is 0 Å². The van der Waals surface area contributed by atoms with Crippen molar-refractivity contribution in [3.63, 3.8) is 0 Å². The maximum atomic E-state index is 13.9. The molecule has 0 saturated carbocycles. The number of piperazine rings is 1. The minimum absolute atomic E-state index is 0.0551. The first-order valence-electron chi connectivity index (χ1n) is 10.7. The van der Waals surface area contributed by atoms with E-state index in [9.17, 15) is 28.6 Å². The lowest BCUT2D eigenvalue weighted by molar-refractivity contribution is -0.133. The van der Waals surface area contributed by atoms with Gasteiger partial charge in [0.15, 0.2) is 5.76 Å². The number of halogens is 3. The maximum Gasteiger partial charge on any atom is 0.274 e. The standard InChI is InChI=1S/C24H20ClF2N3O4/c25-14-2-4-16-12(7-14)5-6-29-11-19(16)30-10-17(21(31)22(32)20(30)24(29)34)23(33)28-9-13-1-3-15(26)8-18(13)27/h1-4,7-8,10,19,21,31-32H,5-6,9,11H2,(H,28,33). The van der Waals surface area contributed by atoms with Crippen LogP contribution in [0.1, 0.15) is 22.7 Å². The first-order chi connectivity index (χ1) is 16.2. The quantitative estimate of drug-likeness (QED) is 0.619. The van der Waals surface area contributed by atoms with E-state index in [1.165, 1.54) is 17.2 Å². The molecular weight excluding hydrogens is 468 g/mol. The Morgan fingerprint density at radius 2 is 2.00 bits per heavy atom. The van der Waals surface area contributed by atoms with Crippen molar-refractivity contribution in [3.8, 4) is 0 Å². The van der Waals surface area contributed by atoms with Gasteiger partial charge in [0.05, 0.1) is 11.6 Å². The molecule has 2 aromatic rings. The topological polar surface area (TPSA) is 93.1 Å². The van der Waals surface area contributed by atoms with Crippen molar-refractivity contribution in [2.45, 2.75) is 25.1 Å². The van der Waals surface area contributed by atoms with Crippen LogP contribution in [0.15, 0.2) is 59.6 Å². The number of aliphatic hydroxyl groups excluding tert-OH is 2. The Labute approximate surface area is 198 Å². The lowest BCUT2D eigenvalue weighted by atomic mass is 9.93. The van der Waals surface area contributed by atoms with Crippen molar-refractivity contribution in [2.24, 2.45) is 0 Å². The highest BCUT2D eigenvalue weighted by Gasteiger charge is 2.45. The van der Waals surface area contributed by atoms with E-state index < -0.39 is 41.4 Å². The number of carbonyl (C=O) groups is 2. The molecule has 10 heteroatoms. The summed E-state index contributed by atoms with van der Waals surface area (Å²) in [6, 6.07) is 8.00. The zero-order valence-electron chi connectivity index (χ0n) is 17.8. The number of hydrogen-bond acceptors (Lipinski definition) is 5. The first kappa shape index (κ1) is 22.4. The fourth-order valence-electron chi connectivity index (χ4n) is 4.63. The van der Waals surface area contributed by atoms with E-state index in [-0.39, 0.29) is 23.4 Å². The Kier molecular flexibility index (Phi) is 5.53. The lowest BCUT2D eigenvalue weighted by Crippen LogP contribution is -2.51. The van der Waals surface area contributed by atoms with Crippen LogP contribution in [0.5, 0.6) is 0 Å². The monoisotopic (exact) mass is 487 g/mol. The van der Waals surface area contributed by atoms with E-state index in [1.807, 2.05) is 12.1 Å². The number of aliphatic hydroxyl groups is 2. The summed E-state index contributed by atoms with van der Waals surface area (Å²) in [5.74, 6) is -3.40. The third kappa shape index (κ3) is 3.70. The summed E-state index contributed by atoms with van der Waals surface area (Å²) in [4.78, 5) is 29.1. The normalized spacial score (nSPS) is 21.5. The van der Waals surface area contributed by atoms with Crippen LogP contribution in [0.3, 0.4) is 0 Å². The fraction of sp³-hybridized carbons (Fsp3) is 0.250. The van der Waals surface area contributed by atoms with Crippen LogP contribution >= 0.6 is 11.6 Å². The average Bonchev–Trinajstić information content (AvgIpc) is 2.96. The van der Waals surface area contributed by atoms with Crippen LogP contribution in [0.2, 0.25) is 5.02 Å². The molecule has 3 aliphatic rings. The highest BCUT2D eigenvalue weighted by molar-refractivity contribution is 6.30. The van der Waals surface area contributed by atoms with Crippen molar-refractivity contribution in [1.82, 2.24) is 15.1 Å². The van der Waals surface area contributed by atoms with Gasteiger partial charge in [-0.25, -0.2) is 8.78 Å². The summed E-state index contributed by atoms with van der Waals surface area (Å²) >= 11 is 6.16. The molecule has 5 rings (SSSR count). The van der Waals surface area contributed by atoms with Gasteiger partial charge in [0, 0.05) is 42.5 Å². The molecule has 176 valence electrons. The molecule has 2 atom stereocenters. The number of amides is 2. The van der Waals surface area contributed by atoms with Gasteiger partial charge in [-0.3, -0.25) is 9.59 Å². The Morgan fingerprint density at radius 3 is 2.76 bits per heavy atom. The van der Waals surface area contributed by atoms with Crippen molar-refractivity contribution < 1.29 is 28.6 Å². The number of nitrogens with one attached hydrogen (secondary N) is 1. The second kappa shape index (κ2) is 8.41. The van der Waals surface area contributed by atoms with E-state index >= 15 is 0 Å². The van der Waals surface area contributed by atoms with Crippen LogP contribution in [0.25, 0.3) is 0 Å². The SMILES string of the molecule is O=C(NCc1ccc(F)cc1F)C1=CN2C(=C(O)C1O)C(=O)N1CCc3cc(Cl)ccc3C2C1. The first-order valence-corrected chi connectivity index (χ1v) is 11.0. The molecule has 3 N–H and O–H groups in total. The molecule has 34 heavy (non-hydrogen) atoms. The van der Waals surface area contributed by atoms with Gasteiger partial charge in [0.1, 0.15) is 23.4 Å². The highest BCUT2D eigenvalue weighted by Crippen LogP contribution is 2.41. The fourth-order valence-corrected chi connectivity index (χ4v) is 4.82. The van der Waals surface area contributed by atoms with E-state index in [1.54, 1.807) is 11.0 Å². The van der Waals surface area contributed by atoms with Gasteiger partial charge in [-0.2, -0.15) is 0 Å². The molecule has 3 heterocycles. The summed E-state index contributed by atoms with van der Waals surface area (Å²) in [5.41, 5.74) is 1.60. The molecule has 7 nitrogen and oxygen atoms in total. The van der Waals surface area contributed by atoms with Crippen molar-refractivity contribution in [3.05, 3.63) is 93.0 Å². The summed E-state index contributed by atoms with van der Waals surface area (Å²) < 4.78 is 27.1. The molecule has 0 aliphatic carbocycles. The van der Waals surface area contributed by atoms with Gasteiger partial charge in [-0.1, -0.05) is 23.7 Å². The molecule has 2 bridgehead atoms. The molecule has 0 radical (unpaired) electrons. The zero-order valence-corrected chi connectivity index (χ0v) is 18.5. The maximum absolute atomic E-state index is 13.9. The molecule has 2 aromatic carbocycles. The third-order valence-corrected chi connectivity index (χ3v) is 6.62. The average molecular weight is 488 g/mol. The second-order valence-corrected chi connectivity index (χ2v) is 8.84.